The largest absolute Gasteiger partial charge is 0.467 e. The minimum absolute atomic E-state index is 0.0508. The van der Waals surface area contributed by atoms with Gasteiger partial charge in [0.2, 0.25) is 5.88 Å². The number of ether oxygens (including phenoxy) is 1. The fraction of sp³-hybridized carbons (Fsp3) is 0.438. The lowest BCUT2D eigenvalue weighted by Crippen LogP contribution is -2.39. The lowest BCUT2D eigenvalue weighted by atomic mass is 9.99. The van der Waals surface area contributed by atoms with Crippen molar-refractivity contribution in [3.63, 3.8) is 0 Å². The van der Waals surface area contributed by atoms with Gasteiger partial charge in [-0.1, -0.05) is 13.8 Å². The fourth-order valence-electron chi connectivity index (χ4n) is 3.02. The molecule has 1 amide bonds. The molecule has 0 radical (unpaired) electrons. The first-order valence-corrected chi connectivity index (χ1v) is 8.25. The zero-order valence-electron chi connectivity index (χ0n) is 14.1. The molecule has 0 saturated carbocycles. The van der Waals surface area contributed by atoms with Crippen molar-refractivity contribution in [2.75, 3.05) is 13.2 Å². The Labute approximate surface area is 144 Å². The molecule has 9 nitrogen and oxygen atoms in total. The van der Waals surface area contributed by atoms with Gasteiger partial charge in [-0.05, 0) is 12.0 Å². The molecule has 3 aromatic rings. The summed E-state index contributed by atoms with van der Waals surface area (Å²) in [6.45, 7) is 5.39. The van der Waals surface area contributed by atoms with Gasteiger partial charge < -0.3 is 9.64 Å². The maximum absolute atomic E-state index is 12.5. The van der Waals surface area contributed by atoms with Gasteiger partial charge in [-0.2, -0.15) is 9.61 Å². The van der Waals surface area contributed by atoms with E-state index in [4.69, 9.17) is 4.74 Å². The second-order valence-electron chi connectivity index (χ2n) is 6.38. The Morgan fingerprint density at radius 3 is 3.12 bits per heavy atom. The maximum Gasteiger partial charge on any atom is 0.260 e. The van der Waals surface area contributed by atoms with Crippen molar-refractivity contribution in [1.29, 1.82) is 0 Å². The molecule has 0 aliphatic carbocycles. The van der Waals surface area contributed by atoms with Crippen LogP contribution in [0.5, 0.6) is 5.88 Å². The number of hydrogen-bond acceptors (Lipinski definition) is 6. The average Bonchev–Trinajstić information content (AvgIpc) is 3.24. The molecule has 4 rings (SSSR count). The number of amides is 1. The molecule has 0 aromatic carbocycles. The summed E-state index contributed by atoms with van der Waals surface area (Å²) < 4.78 is 7.05. The molecule has 25 heavy (non-hydrogen) atoms. The van der Waals surface area contributed by atoms with Crippen LogP contribution >= 0.6 is 0 Å². The molecule has 1 aliphatic heterocycles. The Bertz CT molecular complexity index is 914. The number of nitrogens with zero attached hydrogens (tertiary/aromatic N) is 6. The number of carbonyl (C=O) groups is 1. The summed E-state index contributed by atoms with van der Waals surface area (Å²) in [4.78, 5) is 14.3. The van der Waals surface area contributed by atoms with Crippen molar-refractivity contribution in [2.45, 2.75) is 32.7 Å². The number of carbonyl (C=O) groups excluding carboxylic acids is 1. The van der Waals surface area contributed by atoms with E-state index in [0.29, 0.717) is 30.5 Å². The Morgan fingerprint density at radius 2 is 2.28 bits per heavy atom. The Balaban J connectivity index is 1.42. The highest BCUT2D eigenvalue weighted by Crippen LogP contribution is 2.25. The minimum atomic E-state index is -0.0628. The molecule has 0 bridgehead atoms. The van der Waals surface area contributed by atoms with E-state index in [9.17, 15) is 4.79 Å². The topological polar surface area (TPSA) is 101 Å². The van der Waals surface area contributed by atoms with Gasteiger partial charge in [0, 0.05) is 36.8 Å². The zero-order chi connectivity index (χ0) is 17.4. The third kappa shape index (κ3) is 2.92. The van der Waals surface area contributed by atoms with E-state index >= 15 is 0 Å². The monoisotopic (exact) mass is 341 g/mol. The third-order valence-corrected chi connectivity index (χ3v) is 4.35. The van der Waals surface area contributed by atoms with Gasteiger partial charge in [-0.3, -0.25) is 9.89 Å². The summed E-state index contributed by atoms with van der Waals surface area (Å²) in [5, 5.41) is 19.3. The average molecular weight is 341 g/mol. The lowest BCUT2D eigenvalue weighted by Gasteiger charge is -2.27. The highest BCUT2D eigenvalue weighted by Gasteiger charge is 2.26. The molecule has 0 atom stereocenters. The highest BCUT2D eigenvalue weighted by atomic mass is 16.5. The molecule has 4 heterocycles. The van der Waals surface area contributed by atoms with E-state index in [2.05, 4.69) is 39.3 Å². The summed E-state index contributed by atoms with van der Waals surface area (Å²) in [5.41, 5.74) is 3.93. The van der Waals surface area contributed by atoms with Crippen molar-refractivity contribution in [3.8, 4) is 5.88 Å². The number of fused-ring (bicyclic) bond motifs is 2. The van der Waals surface area contributed by atoms with Gasteiger partial charge in [0.15, 0.2) is 12.3 Å². The van der Waals surface area contributed by atoms with Crippen LogP contribution in [0.1, 0.15) is 36.7 Å². The van der Waals surface area contributed by atoms with E-state index in [1.807, 2.05) is 0 Å². The molecule has 9 heteroatoms. The SMILES string of the molecule is CC(C)c1n[nH]c2c1CN(C(=O)COc1ccc3nncn3n1)CC2. The Hall–Kier alpha value is -2.97. The predicted octanol–water partition coefficient (Wildman–Crippen LogP) is 0.934. The molecule has 0 fully saturated rings. The zero-order valence-corrected chi connectivity index (χ0v) is 14.1. The van der Waals surface area contributed by atoms with Crippen LogP contribution in [0, 0.1) is 0 Å². The summed E-state index contributed by atoms with van der Waals surface area (Å²) in [6, 6.07) is 3.42. The van der Waals surface area contributed by atoms with Crippen LogP contribution < -0.4 is 4.74 Å². The van der Waals surface area contributed by atoms with Crippen molar-refractivity contribution in [2.24, 2.45) is 0 Å². The number of hydrogen-bond donors (Lipinski definition) is 1. The van der Waals surface area contributed by atoms with Gasteiger partial charge >= 0.3 is 0 Å². The second-order valence-corrected chi connectivity index (χ2v) is 6.38. The van der Waals surface area contributed by atoms with Crippen LogP contribution in [0.3, 0.4) is 0 Å². The standard InChI is InChI=1S/C16H19N7O2/c1-10(2)16-11-7-22(6-5-12(11)18-20-16)15(24)8-25-14-4-3-13-19-17-9-23(13)21-14/h3-4,9-10H,5-8H2,1-2H3,(H,18,20). The van der Waals surface area contributed by atoms with Crippen LogP contribution in [-0.2, 0) is 17.8 Å². The summed E-state index contributed by atoms with van der Waals surface area (Å²) in [6.07, 6.45) is 2.27. The summed E-state index contributed by atoms with van der Waals surface area (Å²) >= 11 is 0. The van der Waals surface area contributed by atoms with E-state index < -0.39 is 0 Å². The molecule has 130 valence electrons. The molecule has 0 unspecified atom stereocenters. The predicted molar refractivity (Wildman–Crippen MR) is 88.1 cm³/mol. The number of aromatic amines is 1. The second kappa shape index (κ2) is 6.15. The minimum Gasteiger partial charge on any atom is -0.467 e. The van der Waals surface area contributed by atoms with Gasteiger partial charge in [0.25, 0.3) is 5.91 Å². The number of rotatable bonds is 4. The van der Waals surface area contributed by atoms with Crippen LogP contribution in [0.15, 0.2) is 18.5 Å². The molecule has 0 spiro atoms. The maximum atomic E-state index is 12.5. The highest BCUT2D eigenvalue weighted by molar-refractivity contribution is 5.78. The first-order chi connectivity index (χ1) is 12.1. The fourth-order valence-corrected chi connectivity index (χ4v) is 3.02. The van der Waals surface area contributed by atoms with Crippen molar-refractivity contribution >= 4 is 11.6 Å². The van der Waals surface area contributed by atoms with Crippen LogP contribution in [0.4, 0.5) is 0 Å². The van der Waals surface area contributed by atoms with Gasteiger partial charge in [0.05, 0.1) is 5.69 Å². The van der Waals surface area contributed by atoms with Crippen molar-refractivity contribution in [3.05, 3.63) is 35.4 Å². The number of aromatic nitrogens is 6. The summed E-state index contributed by atoms with van der Waals surface area (Å²) in [7, 11) is 0. The summed E-state index contributed by atoms with van der Waals surface area (Å²) in [5.74, 6) is 0.628. The Kier molecular flexibility index (Phi) is 3.83. The number of H-pyrrole nitrogens is 1. The molecule has 1 N–H and O–H groups in total. The first-order valence-electron chi connectivity index (χ1n) is 8.25. The third-order valence-electron chi connectivity index (χ3n) is 4.35. The number of nitrogens with one attached hydrogen (secondary N) is 1. The molecule has 0 saturated heterocycles. The smallest absolute Gasteiger partial charge is 0.260 e. The van der Waals surface area contributed by atoms with E-state index in [1.165, 1.54) is 10.8 Å². The molecular weight excluding hydrogens is 322 g/mol. The van der Waals surface area contributed by atoms with Gasteiger partial charge in [-0.25, -0.2) is 0 Å². The molecular formula is C16H19N7O2. The molecule has 1 aliphatic rings. The quantitative estimate of drug-likeness (QED) is 0.758. The van der Waals surface area contributed by atoms with Crippen LogP contribution in [0.25, 0.3) is 5.65 Å². The van der Waals surface area contributed by atoms with Gasteiger partial charge in [0.1, 0.15) is 6.33 Å². The molecule has 3 aromatic heterocycles. The van der Waals surface area contributed by atoms with Crippen molar-refractivity contribution < 1.29 is 9.53 Å². The first kappa shape index (κ1) is 15.6. The van der Waals surface area contributed by atoms with E-state index in [-0.39, 0.29) is 12.5 Å². The van der Waals surface area contributed by atoms with Crippen molar-refractivity contribution in [1.82, 2.24) is 34.9 Å². The van der Waals surface area contributed by atoms with E-state index in [0.717, 1.165) is 23.4 Å². The Morgan fingerprint density at radius 1 is 1.40 bits per heavy atom. The van der Waals surface area contributed by atoms with Gasteiger partial charge in [-0.15, -0.1) is 15.3 Å². The van der Waals surface area contributed by atoms with Crippen LogP contribution in [0.2, 0.25) is 0 Å². The van der Waals surface area contributed by atoms with E-state index in [1.54, 1.807) is 17.0 Å². The normalized spacial score (nSPS) is 14.1. The van der Waals surface area contributed by atoms with Crippen LogP contribution in [-0.4, -0.2) is 54.0 Å². The lowest BCUT2D eigenvalue weighted by molar-refractivity contribution is -0.134.